The van der Waals surface area contributed by atoms with Crippen molar-refractivity contribution in [1.29, 1.82) is 5.26 Å². The smallest absolute Gasteiger partial charge is 0.349 e. The van der Waals surface area contributed by atoms with E-state index in [2.05, 4.69) is 10.6 Å². The van der Waals surface area contributed by atoms with Crippen LogP contribution in [-0.2, 0) is 14.3 Å². The van der Waals surface area contributed by atoms with Gasteiger partial charge in [0.1, 0.15) is 11.6 Å². The van der Waals surface area contributed by atoms with Gasteiger partial charge in [-0.05, 0) is 43.5 Å². The van der Waals surface area contributed by atoms with Gasteiger partial charge in [-0.1, -0.05) is 31.4 Å². The zero-order chi connectivity index (χ0) is 22.1. The van der Waals surface area contributed by atoms with Crippen LogP contribution >= 0.6 is 0 Å². The zero-order valence-electron chi connectivity index (χ0n) is 17.6. The Morgan fingerprint density at radius 2 is 1.80 bits per heavy atom. The van der Waals surface area contributed by atoms with E-state index in [9.17, 15) is 19.6 Å². The third-order valence-electron chi connectivity index (χ3n) is 4.89. The number of anilines is 1. The van der Waals surface area contributed by atoms with Gasteiger partial charge in [0.25, 0.3) is 5.91 Å². The van der Waals surface area contributed by atoms with E-state index in [1.807, 2.05) is 31.1 Å². The average Bonchev–Trinajstić information content (AvgIpc) is 2.72. The molecule has 0 saturated heterocycles. The summed E-state index contributed by atoms with van der Waals surface area (Å²) in [6, 6.07) is 8.49. The largest absolute Gasteiger partial charge is 0.448 e. The molecule has 0 unspecified atom stereocenters. The summed E-state index contributed by atoms with van der Waals surface area (Å²) >= 11 is 0. The number of urea groups is 1. The van der Waals surface area contributed by atoms with Crippen molar-refractivity contribution >= 4 is 29.7 Å². The summed E-state index contributed by atoms with van der Waals surface area (Å²) in [5, 5.41) is 14.2. The molecule has 2 N–H and O–H groups in total. The minimum atomic E-state index is -1.22. The first-order valence-electron chi connectivity index (χ1n) is 10.0. The van der Waals surface area contributed by atoms with Crippen LogP contribution in [0.2, 0.25) is 0 Å². The molecule has 1 aromatic rings. The van der Waals surface area contributed by atoms with Gasteiger partial charge in [-0.15, -0.1) is 0 Å². The number of benzene rings is 1. The molecule has 1 fully saturated rings. The van der Waals surface area contributed by atoms with Gasteiger partial charge in [0.05, 0.1) is 0 Å². The normalized spacial score (nSPS) is 15.5. The van der Waals surface area contributed by atoms with Crippen LogP contribution in [0.3, 0.4) is 0 Å². The molecule has 8 heteroatoms. The summed E-state index contributed by atoms with van der Waals surface area (Å²) in [5.41, 5.74) is 1.39. The Kier molecular flexibility index (Phi) is 8.41. The Labute approximate surface area is 176 Å². The van der Waals surface area contributed by atoms with Crippen LogP contribution in [0.1, 0.15) is 44.6 Å². The Morgan fingerprint density at radius 1 is 1.17 bits per heavy atom. The van der Waals surface area contributed by atoms with Crippen LogP contribution in [0, 0.1) is 11.3 Å². The number of amides is 3. The quantitative estimate of drug-likeness (QED) is 0.422. The highest BCUT2D eigenvalue weighted by molar-refractivity contribution is 6.01. The van der Waals surface area contributed by atoms with Gasteiger partial charge in [-0.2, -0.15) is 5.26 Å². The molecule has 160 valence electrons. The molecule has 0 heterocycles. The topological polar surface area (TPSA) is 112 Å². The molecule has 1 aliphatic rings. The summed E-state index contributed by atoms with van der Waals surface area (Å²) in [7, 11) is 3.82. The lowest BCUT2D eigenvalue weighted by atomic mass is 9.96. The third kappa shape index (κ3) is 6.92. The van der Waals surface area contributed by atoms with Crippen LogP contribution in [-0.4, -0.2) is 44.1 Å². The Hall–Kier alpha value is -3.34. The first kappa shape index (κ1) is 22.9. The number of esters is 1. The van der Waals surface area contributed by atoms with Crippen molar-refractivity contribution in [1.82, 2.24) is 10.6 Å². The molecule has 1 aliphatic carbocycles. The summed E-state index contributed by atoms with van der Waals surface area (Å²) in [5.74, 6) is -1.67. The maximum atomic E-state index is 12.3. The van der Waals surface area contributed by atoms with Gasteiger partial charge in [0, 0.05) is 25.8 Å². The molecule has 1 atom stereocenters. The highest BCUT2D eigenvalue weighted by atomic mass is 16.5. The second-order valence-electron chi connectivity index (χ2n) is 7.50. The molecule has 0 bridgehead atoms. The predicted octanol–water partition coefficient (Wildman–Crippen LogP) is 2.75. The third-order valence-corrected chi connectivity index (χ3v) is 4.89. The molecule has 1 saturated carbocycles. The number of carbonyl (C=O) groups excluding carboxylic acids is 3. The molecular weight excluding hydrogens is 384 g/mol. The van der Waals surface area contributed by atoms with Crippen LogP contribution in [0.15, 0.2) is 29.8 Å². The van der Waals surface area contributed by atoms with Crippen molar-refractivity contribution in [3.05, 3.63) is 35.4 Å². The monoisotopic (exact) mass is 412 g/mol. The minimum absolute atomic E-state index is 0.0522. The maximum absolute atomic E-state index is 12.3. The van der Waals surface area contributed by atoms with Crippen molar-refractivity contribution in [3.8, 4) is 6.07 Å². The van der Waals surface area contributed by atoms with Gasteiger partial charge in [0.15, 0.2) is 6.10 Å². The number of ether oxygens (including phenoxy) is 1. The summed E-state index contributed by atoms with van der Waals surface area (Å²) in [4.78, 5) is 38.3. The minimum Gasteiger partial charge on any atom is -0.448 e. The lowest BCUT2D eigenvalue weighted by Gasteiger charge is -2.23. The van der Waals surface area contributed by atoms with E-state index in [4.69, 9.17) is 4.74 Å². The highest BCUT2D eigenvalue weighted by Gasteiger charge is 2.23. The van der Waals surface area contributed by atoms with Crippen molar-refractivity contribution in [3.63, 3.8) is 0 Å². The molecule has 30 heavy (non-hydrogen) atoms. The molecule has 3 amide bonds. The van der Waals surface area contributed by atoms with Gasteiger partial charge < -0.3 is 15.0 Å². The molecule has 0 aromatic heterocycles. The Morgan fingerprint density at radius 3 is 2.37 bits per heavy atom. The molecule has 0 radical (unpaired) electrons. The summed E-state index contributed by atoms with van der Waals surface area (Å²) < 4.78 is 5.06. The van der Waals surface area contributed by atoms with E-state index < -0.39 is 24.0 Å². The molecule has 0 spiro atoms. The molecule has 0 aliphatic heterocycles. The first-order chi connectivity index (χ1) is 14.3. The first-order valence-corrected chi connectivity index (χ1v) is 10.0. The summed E-state index contributed by atoms with van der Waals surface area (Å²) in [6.45, 7) is 1.35. The van der Waals surface area contributed by atoms with Crippen molar-refractivity contribution in [2.75, 3.05) is 19.0 Å². The highest BCUT2D eigenvalue weighted by Crippen LogP contribution is 2.17. The zero-order valence-corrected chi connectivity index (χ0v) is 17.6. The SMILES string of the molecule is C[C@H](OC(=O)/C(C#N)=C/c1ccc(N(C)C)cc1)C(=O)NC(=O)NC1CCCCC1. The maximum Gasteiger partial charge on any atom is 0.349 e. The van der Waals surface area contributed by atoms with Crippen LogP contribution < -0.4 is 15.5 Å². The van der Waals surface area contributed by atoms with Crippen LogP contribution in [0.4, 0.5) is 10.5 Å². The van der Waals surface area contributed by atoms with Crippen molar-refractivity contribution in [2.24, 2.45) is 0 Å². The number of rotatable bonds is 6. The lowest BCUT2D eigenvalue weighted by Crippen LogP contribution is -2.48. The fraction of sp³-hybridized carbons (Fsp3) is 0.455. The van der Waals surface area contributed by atoms with Crippen molar-refractivity contribution in [2.45, 2.75) is 51.2 Å². The Bertz CT molecular complexity index is 834. The van der Waals surface area contributed by atoms with Gasteiger partial charge in [0.2, 0.25) is 0 Å². The van der Waals surface area contributed by atoms with E-state index in [0.717, 1.165) is 37.8 Å². The lowest BCUT2D eigenvalue weighted by molar-refractivity contribution is -0.150. The molecule has 8 nitrogen and oxygen atoms in total. The average molecular weight is 412 g/mol. The van der Waals surface area contributed by atoms with Gasteiger partial charge in [-0.3, -0.25) is 10.1 Å². The number of imide groups is 1. The number of hydrogen-bond donors (Lipinski definition) is 2. The second kappa shape index (κ2) is 11.0. The second-order valence-corrected chi connectivity index (χ2v) is 7.50. The van der Waals surface area contributed by atoms with E-state index in [-0.39, 0.29) is 11.6 Å². The van der Waals surface area contributed by atoms with E-state index in [0.29, 0.717) is 5.56 Å². The number of carbonyl (C=O) groups is 3. The van der Waals surface area contributed by atoms with Crippen LogP contribution in [0.5, 0.6) is 0 Å². The van der Waals surface area contributed by atoms with E-state index in [1.54, 1.807) is 18.2 Å². The fourth-order valence-corrected chi connectivity index (χ4v) is 3.13. The van der Waals surface area contributed by atoms with E-state index in [1.165, 1.54) is 13.0 Å². The predicted molar refractivity (Wildman–Crippen MR) is 113 cm³/mol. The van der Waals surface area contributed by atoms with Gasteiger partial charge in [-0.25, -0.2) is 9.59 Å². The van der Waals surface area contributed by atoms with Crippen LogP contribution in [0.25, 0.3) is 6.08 Å². The van der Waals surface area contributed by atoms with E-state index >= 15 is 0 Å². The van der Waals surface area contributed by atoms with Crippen molar-refractivity contribution < 1.29 is 19.1 Å². The van der Waals surface area contributed by atoms with Gasteiger partial charge >= 0.3 is 12.0 Å². The Balaban J connectivity index is 1.90. The molecule has 2 rings (SSSR count). The fourth-order valence-electron chi connectivity index (χ4n) is 3.13. The molecular formula is C22H28N4O4. The number of nitrogens with one attached hydrogen (secondary N) is 2. The number of hydrogen-bond acceptors (Lipinski definition) is 6. The standard InChI is InChI=1S/C22H28N4O4/c1-15(20(27)25-22(29)24-18-7-5-4-6-8-18)30-21(28)17(14-23)13-16-9-11-19(12-10-16)26(2)3/h9-13,15,18H,4-8H2,1-3H3,(H2,24,25,27,29)/b17-13+/t15-/m0/s1. The number of nitrogens with zero attached hydrogens (tertiary/aromatic N) is 2. The summed E-state index contributed by atoms with van der Waals surface area (Å²) in [6.07, 6.45) is 5.20. The number of nitriles is 1. The molecule has 1 aromatic carbocycles.